The third kappa shape index (κ3) is 4.43. The van der Waals surface area contributed by atoms with E-state index in [0.717, 1.165) is 25.9 Å². The molecule has 5 heteroatoms. The van der Waals surface area contributed by atoms with Crippen molar-refractivity contribution in [2.45, 2.75) is 63.6 Å². The van der Waals surface area contributed by atoms with E-state index in [1.165, 1.54) is 25.7 Å². The molecule has 2 rings (SSSR count). The molecular formula is C15H29N3O2. The van der Waals surface area contributed by atoms with Crippen molar-refractivity contribution in [3.63, 3.8) is 0 Å². The van der Waals surface area contributed by atoms with E-state index in [-0.39, 0.29) is 17.9 Å². The Hall–Kier alpha value is -0.650. The van der Waals surface area contributed by atoms with Gasteiger partial charge in [-0.2, -0.15) is 0 Å². The zero-order valence-corrected chi connectivity index (χ0v) is 12.6. The summed E-state index contributed by atoms with van der Waals surface area (Å²) in [4.78, 5) is 13.3. The van der Waals surface area contributed by atoms with Gasteiger partial charge in [0, 0.05) is 25.2 Å². The molecule has 0 aromatic carbocycles. The molecule has 1 amide bonds. The number of aliphatic hydroxyl groups is 1. The Morgan fingerprint density at radius 2 is 2.05 bits per heavy atom. The molecule has 4 N–H and O–H groups in total. The van der Waals surface area contributed by atoms with Gasteiger partial charge in [-0.1, -0.05) is 19.8 Å². The first-order valence-corrected chi connectivity index (χ1v) is 8.03. The van der Waals surface area contributed by atoms with E-state index in [9.17, 15) is 9.90 Å². The molecule has 0 aromatic rings. The smallest absolute Gasteiger partial charge is 0.231 e. The lowest BCUT2D eigenvalue weighted by Crippen LogP contribution is -2.54. The standard InChI is InChI=1S/C15H29N3O2/c1-2-14(19)11-7-13(17-12-5-3-4-6-12)9-18(8-11)10-15(16)20/h11-14,17,19H,2-10H2,1H3,(H2,16,20). The molecule has 5 nitrogen and oxygen atoms in total. The van der Waals surface area contributed by atoms with Crippen molar-refractivity contribution in [2.24, 2.45) is 11.7 Å². The number of hydrogen-bond acceptors (Lipinski definition) is 4. The average molecular weight is 283 g/mol. The zero-order valence-electron chi connectivity index (χ0n) is 12.6. The highest BCUT2D eigenvalue weighted by atomic mass is 16.3. The van der Waals surface area contributed by atoms with Gasteiger partial charge in [0.05, 0.1) is 12.6 Å². The van der Waals surface area contributed by atoms with Crippen molar-refractivity contribution in [3.8, 4) is 0 Å². The normalized spacial score (nSPS) is 30.5. The van der Waals surface area contributed by atoms with E-state index in [1.807, 2.05) is 6.92 Å². The first-order valence-electron chi connectivity index (χ1n) is 8.03. The van der Waals surface area contributed by atoms with Crippen LogP contribution in [0.15, 0.2) is 0 Å². The van der Waals surface area contributed by atoms with Gasteiger partial charge in [-0.3, -0.25) is 9.69 Å². The van der Waals surface area contributed by atoms with Crippen molar-refractivity contribution >= 4 is 5.91 Å². The van der Waals surface area contributed by atoms with Crippen molar-refractivity contribution in [1.29, 1.82) is 0 Å². The number of hydrogen-bond donors (Lipinski definition) is 3. The lowest BCUT2D eigenvalue weighted by atomic mass is 9.88. The Kier molecular flexibility index (Phi) is 5.81. The fourth-order valence-corrected chi connectivity index (χ4v) is 3.74. The van der Waals surface area contributed by atoms with Gasteiger partial charge < -0.3 is 16.2 Å². The van der Waals surface area contributed by atoms with E-state index < -0.39 is 0 Å². The lowest BCUT2D eigenvalue weighted by Gasteiger charge is -2.40. The highest BCUT2D eigenvalue weighted by Gasteiger charge is 2.32. The maximum Gasteiger partial charge on any atom is 0.231 e. The molecule has 1 saturated heterocycles. The van der Waals surface area contributed by atoms with Crippen LogP contribution in [0.4, 0.5) is 0 Å². The Balaban J connectivity index is 1.93. The minimum atomic E-state index is -0.281. The van der Waals surface area contributed by atoms with Gasteiger partial charge >= 0.3 is 0 Å². The van der Waals surface area contributed by atoms with Gasteiger partial charge in [0.1, 0.15) is 0 Å². The number of likely N-dealkylation sites (tertiary alicyclic amines) is 1. The number of primary amides is 1. The number of nitrogens with zero attached hydrogens (tertiary/aromatic N) is 1. The van der Waals surface area contributed by atoms with Crippen LogP contribution in [0.5, 0.6) is 0 Å². The first kappa shape index (κ1) is 15.7. The summed E-state index contributed by atoms with van der Waals surface area (Å²) in [5.74, 6) is -0.0387. The van der Waals surface area contributed by atoms with Crippen LogP contribution in [-0.4, -0.2) is 53.7 Å². The molecule has 2 aliphatic rings. The summed E-state index contributed by atoms with van der Waals surface area (Å²) in [6.45, 7) is 3.96. The topological polar surface area (TPSA) is 78.6 Å². The second-order valence-corrected chi connectivity index (χ2v) is 6.48. The third-order valence-electron chi connectivity index (χ3n) is 4.73. The molecular weight excluding hydrogens is 254 g/mol. The monoisotopic (exact) mass is 283 g/mol. The quantitative estimate of drug-likeness (QED) is 0.662. The summed E-state index contributed by atoms with van der Waals surface area (Å²) >= 11 is 0. The highest BCUT2D eigenvalue weighted by Crippen LogP contribution is 2.24. The molecule has 0 radical (unpaired) electrons. The van der Waals surface area contributed by atoms with Crippen molar-refractivity contribution in [2.75, 3.05) is 19.6 Å². The summed E-state index contributed by atoms with van der Waals surface area (Å²) in [7, 11) is 0. The van der Waals surface area contributed by atoms with Crippen LogP contribution in [0.1, 0.15) is 45.4 Å². The third-order valence-corrected chi connectivity index (χ3v) is 4.73. The molecule has 20 heavy (non-hydrogen) atoms. The first-order chi connectivity index (χ1) is 9.58. The van der Waals surface area contributed by atoms with E-state index in [0.29, 0.717) is 18.6 Å². The molecule has 0 spiro atoms. The number of piperidine rings is 1. The van der Waals surface area contributed by atoms with E-state index in [4.69, 9.17) is 5.73 Å². The van der Waals surface area contributed by atoms with Crippen molar-refractivity contribution in [3.05, 3.63) is 0 Å². The summed E-state index contributed by atoms with van der Waals surface area (Å²) in [5, 5.41) is 13.9. The molecule has 1 heterocycles. The van der Waals surface area contributed by atoms with Crippen LogP contribution in [-0.2, 0) is 4.79 Å². The van der Waals surface area contributed by atoms with Gasteiger partial charge in [0.15, 0.2) is 0 Å². The van der Waals surface area contributed by atoms with Gasteiger partial charge in [-0.25, -0.2) is 0 Å². The Morgan fingerprint density at radius 1 is 1.35 bits per heavy atom. The van der Waals surface area contributed by atoms with Crippen LogP contribution < -0.4 is 11.1 Å². The van der Waals surface area contributed by atoms with Crippen molar-refractivity contribution in [1.82, 2.24) is 10.2 Å². The Morgan fingerprint density at radius 3 is 2.65 bits per heavy atom. The van der Waals surface area contributed by atoms with E-state index >= 15 is 0 Å². The van der Waals surface area contributed by atoms with E-state index in [1.54, 1.807) is 0 Å². The number of rotatable bonds is 6. The highest BCUT2D eigenvalue weighted by molar-refractivity contribution is 5.75. The molecule has 2 fully saturated rings. The minimum absolute atomic E-state index is 0.243. The molecule has 3 unspecified atom stereocenters. The molecule has 0 bridgehead atoms. The lowest BCUT2D eigenvalue weighted by molar-refractivity contribution is -0.120. The number of amides is 1. The fraction of sp³-hybridized carbons (Fsp3) is 0.933. The maximum atomic E-state index is 11.2. The van der Waals surface area contributed by atoms with Gasteiger partial charge in [0.25, 0.3) is 0 Å². The van der Waals surface area contributed by atoms with Crippen LogP contribution in [0.2, 0.25) is 0 Å². The summed E-state index contributed by atoms with van der Waals surface area (Å²) < 4.78 is 0. The molecule has 0 aromatic heterocycles. The molecule has 1 aliphatic carbocycles. The van der Waals surface area contributed by atoms with Crippen LogP contribution in [0.25, 0.3) is 0 Å². The van der Waals surface area contributed by atoms with Crippen LogP contribution in [0, 0.1) is 5.92 Å². The number of aliphatic hydroxyl groups excluding tert-OH is 1. The summed E-state index contributed by atoms with van der Waals surface area (Å²) in [6, 6.07) is 0.991. The molecule has 1 aliphatic heterocycles. The zero-order chi connectivity index (χ0) is 14.5. The SMILES string of the molecule is CCC(O)C1CC(NC2CCCC2)CN(CC(N)=O)C1. The van der Waals surface area contributed by atoms with Crippen LogP contribution in [0.3, 0.4) is 0 Å². The molecule has 1 saturated carbocycles. The average Bonchev–Trinajstić information content (AvgIpc) is 2.89. The Labute approximate surface area is 121 Å². The van der Waals surface area contributed by atoms with Gasteiger partial charge in [-0.05, 0) is 31.6 Å². The predicted octanol–water partition coefficient (Wildman–Crippen LogP) is 0.465. The number of carbonyl (C=O) groups is 1. The minimum Gasteiger partial charge on any atom is -0.393 e. The largest absolute Gasteiger partial charge is 0.393 e. The van der Waals surface area contributed by atoms with Gasteiger partial charge in [0.2, 0.25) is 5.91 Å². The summed E-state index contributed by atoms with van der Waals surface area (Å²) in [5.41, 5.74) is 5.32. The van der Waals surface area contributed by atoms with Gasteiger partial charge in [-0.15, -0.1) is 0 Å². The maximum absolute atomic E-state index is 11.2. The number of nitrogens with two attached hydrogens (primary N) is 1. The number of nitrogens with one attached hydrogen (secondary N) is 1. The summed E-state index contributed by atoms with van der Waals surface area (Å²) in [6.07, 6.45) is 6.64. The van der Waals surface area contributed by atoms with Crippen molar-refractivity contribution < 1.29 is 9.90 Å². The second-order valence-electron chi connectivity index (χ2n) is 6.48. The Bertz CT molecular complexity index is 318. The van der Waals surface area contributed by atoms with Crippen LogP contribution >= 0.6 is 0 Å². The fourth-order valence-electron chi connectivity index (χ4n) is 3.74. The molecule has 116 valence electrons. The second kappa shape index (κ2) is 7.38. The van der Waals surface area contributed by atoms with E-state index in [2.05, 4.69) is 10.2 Å². The molecule has 3 atom stereocenters. The number of carbonyl (C=O) groups excluding carboxylic acids is 1. The predicted molar refractivity (Wildman–Crippen MR) is 79.2 cm³/mol.